The number of carbonyl (C=O) groups excluding carboxylic acids is 1. The zero-order valence-corrected chi connectivity index (χ0v) is 14.4. The first-order valence-corrected chi connectivity index (χ1v) is 8.68. The topological polar surface area (TPSA) is 89.3 Å². The predicted molar refractivity (Wildman–Crippen MR) is 95.4 cm³/mol. The summed E-state index contributed by atoms with van der Waals surface area (Å²) in [5.74, 6) is 0.635. The van der Waals surface area contributed by atoms with Gasteiger partial charge in [-0.2, -0.15) is 0 Å². The standard InChI is InChI=1S/C17H26N4O4/c18-17(22)19-15-2-1-14(21-6-10-24-11-7-21)13-16(15)25-12-5-20-3-8-23-9-4-20/h1-2,13H,3-12H2,(H3,18,19,22). The van der Waals surface area contributed by atoms with Crippen LogP contribution in [0, 0.1) is 0 Å². The molecule has 2 fully saturated rings. The maximum Gasteiger partial charge on any atom is 0.316 e. The molecule has 0 saturated carbocycles. The van der Waals surface area contributed by atoms with Crippen molar-refractivity contribution in [3.05, 3.63) is 18.2 Å². The van der Waals surface area contributed by atoms with Crippen LogP contribution in [0.15, 0.2) is 18.2 Å². The summed E-state index contributed by atoms with van der Waals surface area (Å²) < 4.78 is 16.7. The second kappa shape index (κ2) is 8.89. The number of carbonyl (C=O) groups is 1. The largest absolute Gasteiger partial charge is 0.490 e. The van der Waals surface area contributed by atoms with Crippen LogP contribution in [0.5, 0.6) is 5.75 Å². The van der Waals surface area contributed by atoms with Crippen LogP contribution in [-0.2, 0) is 9.47 Å². The third-order valence-corrected chi connectivity index (χ3v) is 4.37. The monoisotopic (exact) mass is 350 g/mol. The summed E-state index contributed by atoms with van der Waals surface area (Å²) >= 11 is 0. The van der Waals surface area contributed by atoms with Crippen LogP contribution in [0.1, 0.15) is 0 Å². The molecule has 8 nitrogen and oxygen atoms in total. The summed E-state index contributed by atoms with van der Waals surface area (Å²) in [5.41, 5.74) is 6.91. The van der Waals surface area contributed by atoms with E-state index in [9.17, 15) is 4.79 Å². The van der Waals surface area contributed by atoms with Crippen LogP contribution in [0.3, 0.4) is 0 Å². The lowest BCUT2D eigenvalue weighted by atomic mass is 10.2. The van der Waals surface area contributed by atoms with Gasteiger partial charge in [-0.05, 0) is 12.1 Å². The van der Waals surface area contributed by atoms with E-state index in [1.807, 2.05) is 18.2 Å². The average Bonchev–Trinajstić information content (AvgIpc) is 2.64. The maximum absolute atomic E-state index is 11.2. The van der Waals surface area contributed by atoms with Crippen LogP contribution in [0.2, 0.25) is 0 Å². The number of anilines is 2. The van der Waals surface area contributed by atoms with Gasteiger partial charge in [0.2, 0.25) is 0 Å². The molecule has 0 spiro atoms. The van der Waals surface area contributed by atoms with Crippen molar-refractivity contribution < 1.29 is 19.0 Å². The number of nitrogens with two attached hydrogens (primary N) is 1. The number of ether oxygens (including phenoxy) is 3. The lowest BCUT2D eigenvalue weighted by molar-refractivity contribution is 0.0323. The maximum atomic E-state index is 11.2. The van der Waals surface area contributed by atoms with E-state index in [1.54, 1.807) is 0 Å². The van der Waals surface area contributed by atoms with Crippen molar-refractivity contribution in [1.82, 2.24) is 4.90 Å². The smallest absolute Gasteiger partial charge is 0.316 e. The Balaban J connectivity index is 1.65. The number of urea groups is 1. The summed E-state index contributed by atoms with van der Waals surface area (Å²) in [7, 11) is 0. The molecule has 0 atom stereocenters. The van der Waals surface area contributed by atoms with Gasteiger partial charge in [0.1, 0.15) is 12.4 Å². The van der Waals surface area contributed by atoms with E-state index < -0.39 is 6.03 Å². The quantitative estimate of drug-likeness (QED) is 0.786. The Labute approximate surface area is 147 Å². The molecule has 0 unspecified atom stereocenters. The first-order chi connectivity index (χ1) is 12.2. The van der Waals surface area contributed by atoms with Crippen LogP contribution < -0.4 is 20.7 Å². The summed E-state index contributed by atoms with van der Waals surface area (Å²) in [6, 6.07) is 5.15. The van der Waals surface area contributed by atoms with Gasteiger partial charge in [-0.3, -0.25) is 4.90 Å². The number of nitrogens with zero attached hydrogens (tertiary/aromatic N) is 2. The Morgan fingerprint density at radius 1 is 1.12 bits per heavy atom. The van der Waals surface area contributed by atoms with Crippen molar-refractivity contribution in [3.63, 3.8) is 0 Å². The number of hydrogen-bond acceptors (Lipinski definition) is 6. The Morgan fingerprint density at radius 3 is 2.48 bits per heavy atom. The fourth-order valence-corrected chi connectivity index (χ4v) is 2.99. The summed E-state index contributed by atoms with van der Waals surface area (Å²) in [4.78, 5) is 15.8. The molecule has 0 aliphatic carbocycles. The van der Waals surface area contributed by atoms with E-state index in [4.69, 9.17) is 19.9 Å². The summed E-state index contributed by atoms with van der Waals surface area (Å²) in [6.45, 7) is 7.85. The van der Waals surface area contributed by atoms with Crippen molar-refractivity contribution >= 4 is 17.4 Å². The normalized spacial score (nSPS) is 18.8. The van der Waals surface area contributed by atoms with Crippen molar-refractivity contribution in [2.24, 2.45) is 5.73 Å². The highest BCUT2D eigenvalue weighted by Gasteiger charge is 2.15. The van der Waals surface area contributed by atoms with E-state index in [1.165, 1.54) is 0 Å². The minimum atomic E-state index is -0.600. The minimum absolute atomic E-state index is 0.542. The lowest BCUT2D eigenvalue weighted by Gasteiger charge is -2.29. The third kappa shape index (κ3) is 5.22. The van der Waals surface area contributed by atoms with Crippen LogP contribution in [-0.4, -0.2) is 76.7 Å². The molecule has 2 amide bonds. The van der Waals surface area contributed by atoms with E-state index in [-0.39, 0.29) is 0 Å². The molecule has 2 aliphatic heterocycles. The van der Waals surface area contributed by atoms with Crippen molar-refractivity contribution in [2.75, 3.05) is 76.0 Å². The Morgan fingerprint density at radius 2 is 1.80 bits per heavy atom. The van der Waals surface area contributed by atoms with Crippen LogP contribution >= 0.6 is 0 Å². The SMILES string of the molecule is NC(=O)Nc1ccc(N2CCOCC2)cc1OCCN1CCOCC1. The highest BCUT2D eigenvalue weighted by atomic mass is 16.5. The fraction of sp³-hybridized carbons (Fsp3) is 0.588. The Bertz CT molecular complexity index is 572. The van der Waals surface area contributed by atoms with Gasteiger partial charge in [-0.15, -0.1) is 0 Å². The van der Waals surface area contributed by atoms with E-state index in [0.717, 1.165) is 51.6 Å². The third-order valence-electron chi connectivity index (χ3n) is 4.37. The number of nitrogens with one attached hydrogen (secondary N) is 1. The van der Waals surface area contributed by atoms with Gasteiger partial charge in [0.05, 0.1) is 32.1 Å². The van der Waals surface area contributed by atoms with Crippen LogP contribution in [0.4, 0.5) is 16.2 Å². The first kappa shape index (κ1) is 17.8. The fourth-order valence-electron chi connectivity index (χ4n) is 2.99. The predicted octanol–water partition coefficient (Wildman–Crippen LogP) is 0.725. The molecule has 0 radical (unpaired) electrons. The average molecular weight is 350 g/mol. The van der Waals surface area contributed by atoms with E-state index >= 15 is 0 Å². The second-order valence-corrected chi connectivity index (χ2v) is 6.07. The number of amides is 2. The molecule has 3 N–H and O–H groups in total. The summed E-state index contributed by atoms with van der Waals surface area (Å²) in [6.07, 6.45) is 0. The molecular formula is C17H26N4O4. The molecule has 138 valence electrons. The minimum Gasteiger partial charge on any atom is -0.490 e. The molecule has 2 heterocycles. The number of morpholine rings is 2. The Hall–Kier alpha value is -2.03. The van der Waals surface area contributed by atoms with Crippen molar-refractivity contribution in [3.8, 4) is 5.75 Å². The molecule has 1 aromatic rings. The van der Waals surface area contributed by atoms with Crippen molar-refractivity contribution in [1.29, 1.82) is 0 Å². The second-order valence-electron chi connectivity index (χ2n) is 6.07. The first-order valence-electron chi connectivity index (χ1n) is 8.68. The van der Waals surface area contributed by atoms with Crippen molar-refractivity contribution in [2.45, 2.75) is 0 Å². The lowest BCUT2D eigenvalue weighted by Crippen LogP contribution is -2.38. The number of rotatable bonds is 6. The molecule has 1 aromatic carbocycles. The summed E-state index contributed by atoms with van der Waals surface area (Å²) in [5, 5.41) is 2.63. The highest BCUT2D eigenvalue weighted by molar-refractivity contribution is 5.90. The van der Waals surface area contributed by atoms with E-state index in [0.29, 0.717) is 31.3 Å². The number of hydrogen-bond donors (Lipinski definition) is 2. The van der Waals surface area contributed by atoms with Gasteiger partial charge in [0.15, 0.2) is 0 Å². The molecule has 2 aliphatic rings. The molecule has 25 heavy (non-hydrogen) atoms. The van der Waals surface area contributed by atoms with E-state index in [2.05, 4.69) is 15.1 Å². The van der Waals surface area contributed by atoms with Crippen LogP contribution in [0.25, 0.3) is 0 Å². The van der Waals surface area contributed by atoms with Gasteiger partial charge in [-0.1, -0.05) is 0 Å². The Kier molecular flexibility index (Phi) is 6.32. The zero-order chi connectivity index (χ0) is 17.5. The molecule has 8 heteroatoms. The van der Waals surface area contributed by atoms with Gasteiger partial charge < -0.3 is 30.2 Å². The molecular weight excluding hydrogens is 324 g/mol. The zero-order valence-electron chi connectivity index (χ0n) is 14.4. The van der Waals surface area contributed by atoms with Gasteiger partial charge in [0.25, 0.3) is 0 Å². The van der Waals surface area contributed by atoms with Gasteiger partial charge in [0, 0.05) is 44.5 Å². The highest BCUT2D eigenvalue weighted by Crippen LogP contribution is 2.30. The molecule has 3 rings (SSSR count). The van der Waals surface area contributed by atoms with Gasteiger partial charge in [-0.25, -0.2) is 4.79 Å². The number of benzene rings is 1. The molecule has 0 aromatic heterocycles. The van der Waals surface area contributed by atoms with Gasteiger partial charge >= 0.3 is 6.03 Å². The molecule has 2 saturated heterocycles. The number of primary amides is 1. The molecule has 0 bridgehead atoms.